The molecule has 4 heteroatoms. The monoisotopic (exact) mass is 191 g/mol. The van der Waals surface area contributed by atoms with Crippen LogP contribution in [-0.2, 0) is 0 Å². The highest BCUT2D eigenvalue weighted by Crippen LogP contribution is 2.03. The van der Waals surface area contributed by atoms with Crippen molar-refractivity contribution >= 4 is 13.3 Å². The van der Waals surface area contributed by atoms with Gasteiger partial charge in [-0.25, -0.2) is 0 Å². The second-order valence-corrected chi connectivity index (χ2v) is 8.30. The molecule has 0 aliphatic rings. The SMILES string of the molecule is C[Si](C)(CN=[N+]=[N-])c1ccccc1. The molecule has 1 rings (SSSR count). The second kappa shape index (κ2) is 4.12. The van der Waals surface area contributed by atoms with Crippen molar-refractivity contribution in [2.24, 2.45) is 5.11 Å². The van der Waals surface area contributed by atoms with Gasteiger partial charge in [-0.05, 0) is 5.53 Å². The van der Waals surface area contributed by atoms with Crippen LogP contribution in [0.3, 0.4) is 0 Å². The lowest BCUT2D eigenvalue weighted by Gasteiger charge is -2.19. The van der Waals surface area contributed by atoms with Gasteiger partial charge in [0, 0.05) is 11.1 Å². The van der Waals surface area contributed by atoms with Gasteiger partial charge in [0.1, 0.15) is 0 Å². The van der Waals surface area contributed by atoms with Crippen LogP contribution in [0.25, 0.3) is 10.4 Å². The quantitative estimate of drug-likeness (QED) is 0.305. The van der Waals surface area contributed by atoms with Crippen molar-refractivity contribution in [1.82, 2.24) is 0 Å². The van der Waals surface area contributed by atoms with E-state index < -0.39 is 8.07 Å². The lowest BCUT2D eigenvalue weighted by molar-refractivity contribution is 1.26. The number of azide groups is 1. The maximum Gasteiger partial charge on any atom is 0.0868 e. The fourth-order valence-corrected chi connectivity index (χ4v) is 2.88. The first-order chi connectivity index (χ1) is 6.17. The van der Waals surface area contributed by atoms with E-state index in [1.54, 1.807) is 0 Å². The van der Waals surface area contributed by atoms with Crippen molar-refractivity contribution < 1.29 is 0 Å². The highest BCUT2D eigenvalue weighted by molar-refractivity contribution is 6.90. The molecule has 0 aliphatic carbocycles. The zero-order chi connectivity index (χ0) is 9.73. The topological polar surface area (TPSA) is 48.8 Å². The molecule has 3 nitrogen and oxygen atoms in total. The minimum atomic E-state index is -1.52. The molecule has 0 fully saturated rings. The van der Waals surface area contributed by atoms with E-state index in [1.807, 2.05) is 18.2 Å². The predicted octanol–water partition coefficient (Wildman–Crippen LogP) is 2.45. The van der Waals surface area contributed by atoms with Gasteiger partial charge in [-0.1, -0.05) is 53.7 Å². The first-order valence-electron chi connectivity index (χ1n) is 4.23. The molecule has 0 atom stereocenters. The summed E-state index contributed by atoms with van der Waals surface area (Å²) in [6.07, 6.45) is 0.632. The van der Waals surface area contributed by atoms with E-state index >= 15 is 0 Å². The highest BCUT2D eigenvalue weighted by atomic mass is 28.3. The first kappa shape index (κ1) is 9.83. The van der Waals surface area contributed by atoms with Crippen molar-refractivity contribution in [2.45, 2.75) is 13.1 Å². The Morgan fingerprint density at radius 2 is 1.92 bits per heavy atom. The highest BCUT2D eigenvalue weighted by Gasteiger charge is 2.21. The van der Waals surface area contributed by atoms with Crippen LogP contribution in [0, 0.1) is 0 Å². The lowest BCUT2D eigenvalue weighted by atomic mass is 10.4. The minimum Gasteiger partial charge on any atom is -0.0965 e. The normalized spacial score (nSPS) is 10.6. The Morgan fingerprint density at radius 1 is 1.31 bits per heavy atom. The van der Waals surface area contributed by atoms with Gasteiger partial charge >= 0.3 is 0 Å². The Bertz CT molecular complexity index is 315. The molecule has 0 aromatic heterocycles. The summed E-state index contributed by atoms with van der Waals surface area (Å²) in [5.74, 6) is 0. The fraction of sp³-hybridized carbons (Fsp3) is 0.333. The van der Waals surface area contributed by atoms with E-state index in [1.165, 1.54) is 5.19 Å². The molecule has 68 valence electrons. The van der Waals surface area contributed by atoms with Crippen molar-refractivity contribution in [1.29, 1.82) is 0 Å². The van der Waals surface area contributed by atoms with E-state index in [4.69, 9.17) is 5.53 Å². The molecule has 1 aromatic rings. The zero-order valence-electron chi connectivity index (χ0n) is 7.94. The van der Waals surface area contributed by atoms with Crippen LogP contribution in [0.4, 0.5) is 0 Å². The Balaban J connectivity index is 2.87. The minimum absolute atomic E-state index is 0.632. The van der Waals surface area contributed by atoms with Crippen molar-refractivity contribution in [2.75, 3.05) is 6.17 Å². The summed E-state index contributed by atoms with van der Waals surface area (Å²) in [4.78, 5) is 2.81. The van der Waals surface area contributed by atoms with Gasteiger partial charge in [0.2, 0.25) is 0 Å². The molecular weight excluding hydrogens is 178 g/mol. The van der Waals surface area contributed by atoms with Gasteiger partial charge in [0.15, 0.2) is 0 Å². The number of rotatable bonds is 3. The molecule has 0 N–H and O–H groups in total. The first-order valence-corrected chi connectivity index (χ1v) is 7.44. The number of benzene rings is 1. The average Bonchev–Trinajstić information content (AvgIpc) is 2.16. The summed E-state index contributed by atoms with van der Waals surface area (Å²) < 4.78 is 0. The van der Waals surface area contributed by atoms with Crippen LogP contribution in [-0.4, -0.2) is 14.2 Å². The molecule has 0 heterocycles. The summed E-state index contributed by atoms with van der Waals surface area (Å²) in [6.45, 7) is 4.41. The van der Waals surface area contributed by atoms with Gasteiger partial charge < -0.3 is 0 Å². The Kier molecular flexibility index (Phi) is 3.11. The number of hydrogen-bond acceptors (Lipinski definition) is 1. The van der Waals surface area contributed by atoms with Crippen LogP contribution in [0.2, 0.25) is 13.1 Å². The zero-order valence-corrected chi connectivity index (χ0v) is 8.94. The largest absolute Gasteiger partial charge is 0.0965 e. The van der Waals surface area contributed by atoms with Gasteiger partial charge in [0.25, 0.3) is 0 Å². The molecule has 0 spiro atoms. The van der Waals surface area contributed by atoms with Crippen LogP contribution in [0.1, 0.15) is 0 Å². The molecule has 0 saturated carbocycles. The summed E-state index contributed by atoms with van der Waals surface area (Å²) in [6, 6.07) is 10.3. The molecular formula is C9H13N3Si. The van der Waals surface area contributed by atoms with E-state index in [2.05, 4.69) is 35.3 Å². The smallest absolute Gasteiger partial charge is 0.0868 e. The molecule has 13 heavy (non-hydrogen) atoms. The van der Waals surface area contributed by atoms with Crippen LogP contribution < -0.4 is 5.19 Å². The standard InChI is InChI=1S/C9H13N3Si/c1-13(2,8-11-12-10)9-6-4-3-5-7-9/h3-7H,8H2,1-2H3. The Morgan fingerprint density at radius 3 is 2.46 bits per heavy atom. The van der Waals surface area contributed by atoms with E-state index in [0.717, 1.165) is 0 Å². The van der Waals surface area contributed by atoms with Gasteiger partial charge in [0.05, 0.1) is 8.07 Å². The van der Waals surface area contributed by atoms with Crippen LogP contribution in [0.15, 0.2) is 35.4 Å². The van der Waals surface area contributed by atoms with Crippen LogP contribution >= 0.6 is 0 Å². The summed E-state index contributed by atoms with van der Waals surface area (Å²) >= 11 is 0. The van der Waals surface area contributed by atoms with Crippen molar-refractivity contribution in [3.05, 3.63) is 40.8 Å². The average molecular weight is 191 g/mol. The molecule has 1 aromatic carbocycles. The third kappa shape index (κ3) is 2.61. The molecule has 0 radical (unpaired) electrons. The second-order valence-electron chi connectivity index (χ2n) is 3.64. The summed E-state index contributed by atoms with van der Waals surface area (Å²) in [5, 5.41) is 5.00. The third-order valence-corrected chi connectivity index (χ3v) is 4.91. The molecule has 0 saturated heterocycles. The fourth-order valence-electron chi connectivity index (χ4n) is 1.19. The van der Waals surface area contributed by atoms with E-state index in [9.17, 15) is 0 Å². The van der Waals surface area contributed by atoms with Crippen LogP contribution in [0.5, 0.6) is 0 Å². The van der Waals surface area contributed by atoms with Gasteiger partial charge in [-0.3, -0.25) is 0 Å². The Hall–Kier alpha value is -1.25. The molecule has 0 amide bonds. The molecule has 0 unspecified atom stereocenters. The summed E-state index contributed by atoms with van der Waals surface area (Å²) in [5.41, 5.74) is 8.26. The maximum absolute atomic E-state index is 8.26. The predicted molar refractivity (Wildman–Crippen MR) is 57.6 cm³/mol. The molecule has 0 aliphatic heterocycles. The van der Waals surface area contributed by atoms with E-state index in [-0.39, 0.29) is 0 Å². The lowest BCUT2D eigenvalue weighted by Crippen LogP contribution is -2.44. The van der Waals surface area contributed by atoms with Gasteiger partial charge in [-0.2, -0.15) is 0 Å². The van der Waals surface area contributed by atoms with E-state index in [0.29, 0.717) is 6.17 Å². The number of nitrogens with zero attached hydrogens (tertiary/aromatic N) is 3. The molecule has 0 bridgehead atoms. The van der Waals surface area contributed by atoms with Crippen molar-refractivity contribution in [3.8, 4) is 0 Å². The van der Waals surface area contributed by atoms with Crippen molar-refractivity contribution in [3.63, 3.8) is 0 Å². The summed E-state index contributed by atoms with van der Waals surface area (Å²) in [7, 11) is -1.52. The van der Waals surface area contributed by atoms with Gasteiger partial charge in [-0.15, -0.1) is 0 Å². The Labute approximate surface area is 79.0 Å². The third-order valence-electron chi connectivity index (χ3n) is 2.08. The number of hydrogen-bond donors (Lipinski definition) is 0. The maximum atomic E-state index is 8.26.